The number of methoxy groups -OCH3 is 1. The maximum Gasteiger partial charge on any atom is 0.316 e. The molecule has 4 rings (SSSR count). The summed E-state index contributed by atoms with van der Waals surface area (Å²) in [4.78, 5) is 27.2. The van der Waals surface area contributed by atoms with Gasteiger partial charge in [0.2, 0.25) is 5.88 Å². The van der Waals surface area contributed by atoms with Crippen molar-refractivity contribution >= 4 is 11.6 Å². The van der Waals surface area contributed by atoms with E-state index in [2.05, 4.69) is 30.1 Å². The zero-order valence-corrected chi connectivity index (χ0v) is 16.9. The number of hydrogen-bond acceptors (Lipinski definition) is 9. The van der Waals surface area contributed by atoms with Crippen molar-refractivity contribution in [2.45, 2.75) is 6.42 Å². The van der Waals surface area contributed by atoms with Crippen molar-refractivity contribution in [3.05, 3.63) is 81.6 Å². The van der Waals surface area contributed by atoms with E-state index in [1.807, 2.05) is 0 Å². The molecule has 0 bridgehead atoms. The predicted molar refractivity (Wildman–Crippen MR) is 110 cm³/mol. The van der Waals surface area contributed by atoms with Crippen LogP contribution in [0.2, 0.25) is 5.15 Å². The molecule has 0 fully saturated rings. The molecule has 31 heavy (non-hydrogen) atoms. The fourth-order valence-electron chi connectivity index (χ4n) is 2.51. The molecule has 3 heterocycles. The number of aromatic amines is 1. The van der Waals surface area contributed by atoms with Crippen LogP contribution in [-0.4, -0.2) is 37.2 Å². The van der Waals surface area contributed by atoms with E-state index in [4.69, 9.17) is 25.8 Å². The third-order valence-electron chi connectivity index (χ3n) is 3.98. The second-order valence-electron chi connectivity index (χ2n) is 6.17. The Bertz CT molecular complexity index is 1210. The molecule has 0 aliphatic carbocycles. The third-order valence-corrected chi connectivity index (χ3v) is 4.18. The summed E-state index contributed by atoms with van der Waals surface area (Å²) >= 11 is 5.70. The molecule has 0 atom stereocenters. The van der Waals surface area contributed by atoms with Gasteiger partial charge in [0.1, 0.15) is 11.5 Å². The molecule has 0 aliphatic rings. The number of nitrogens with one attached hydrogen (secondary N) is 1. The van der Waals surface area contributed by atoms with Crippen molar-refractivity contribution in [1.29, 1.82) is 0 Å². The highest BCUT2D eigenvalue weighted by atomic mass is 35.5. The normalized spacial score (nSPS) is 10.5. The van der Waals surface area contributed by atoms with Gasteiger partial charge < -0.3 is 14.2 Å². The fraction of sp³-hybridized carbons (Fsp3) is 0.100. The first kappa shape index (κ1) is 20.2. The number of rotatable bonds is 7. The molecule has 4 aromatic rings. The summed E-state index contributed by atoms with van der Waals surface area (Å²) in [6.07, 6.45) is 4.96. The minimum atomic E-state index is -0.318. The Morgan fingerprint density at radius 1 is 0.903 bits per heavy atom. The highest BCUT2D eigenvalue weighted by molar-refractivity contribution is 6.29. The molecule has 0 amide bonds. The molecule has 156 valence electrons. The van der Waals surface area contributed by atoms with Crippen molar-refractivity contribution in [3.8, 4) is 29.4 Å². The van der Waals surface area contributed by atoms with E-state index in [9.17, 15) is 4.79 Å². The van der Waals surface area contributed by atoms with Crippen molar-refractivity contribution < 1.29 is 14.2 Å². The minimum absolute atomic E-state index is 0.0666. The van der Waals surface area contributed by atoms with E-state index in [0.29, 0.717) is 29.4 Å². The topological polar surface area (TPSA) is 125 Å². The van der Waals surface area contributed by atoms with Gasteiger partial charge in [0.05, 0.1) is 7.11 Å². The van der Waals surface area contributed by atoms with Crippen LogP contribution in [0.3, 0.4) is 0 Å². The van der Waals surface area contributed by atoms with Gasteiger partial charge in [-0.05, 0) is 35.9 Å². The molecule has 0 unspecified atom stereocenters. The first-order chi connectivity index (χ1) is 15.1. The van der Waals surface area contributed by atoms with E-state index in [0.717, 1.165) is 5.56 Å². The van der Waals surface area contributed by atoms with Gasteiger partial charge in [-0.3, -0.25) is 9.78 Å². The first-order valence-electron chi connectivity index (χ1n) is 8.97. The highest BCUT2D eigenvalue weighted by Crippen LogP contribution is 2.24. The van der Waals surface area contributed by atoms with Crippen LogP contribution in [0.5, 0.6) is 29.4 Å². The monoisotopic (exact) mass is 438 g/mol. The summed E-state index contributed by atoms with van der Waals surface area (Å²) < 4.78 is 16.1. The summed E-state index contributed by atoms with van der Waals surface area (Å²) in [5.74, 6) is 1.30. The number of nitrogens with zero attached hydrogens (tertiary/aromatic N) is 5. The fourth-order valence-corrected chi connectivity index (χ4v) is 2.61. The number of aromatic nitrogens is 6. The second-order valence-corrected chi connectivity index (χ2v) is 6.55. The molecular formula is C20H15ClN6O4. The van der Waals surface area contributed by atoms with Crippen LogP contribution < -0.4 is 19.8 Å². The van der Waals surface area contributed by atoms with Crippen molar-refractivity contribution in [2.24, 2.45) is 0 Å². The van der Waals surface area contributed by atoms with Crippen LogP contribution in [0.1, 0.15) is 11.1 Å². The van der Waals surface area contributed by atoms with E-state index in [-0.39, 0.29) is 22.7 Å². The average Bonchev–Trinajstić information content (AvgIpc) is 2.79. The van der Waals surface area contributed by atoms with Gasteiger partial charge in [-0.1, -0.05) is 11.6 Å². The number of benzene rings is 1. The summed E-state index contributed by atoms with van der Waals surface area (Å²) in [6.45, 7) is 0. The summed E-state index contributed by atoms with van der Waals surface area (Å²) in [5.41, 5.74) is 0.888. The Labute approximate surface area is 180 Å². The quantitative estimate of drug-likeness (QED) is 0.463. The van der Waals surface area contributed by atoms with Gasteiger partial charge in [0, 0.05) is 36.6 Å². The van der Waals surface area contributed by atoms with Gasteiger partial charge in [0.15, 0.2) is 5.15 Å². The van der Waals surface area contributed by atoms with Crippen LogP contribution in [0.25, 0.3) is 0 Å². The Kier molecular flexibility index (Phi) is 5.99. The van der Waals surface area contributed by atoms with Crippen molar-refractivity contribution in [1.82, 2.24) is 30.1 Å². The molecule has 3 aromatic heterocycles. The van der Waals surface area contributed by atoms with Gasteiger partial charge in [-0.25, -0.2) is 15.0 Å². The highest BCUT2D eigenvalue weighted by Gasteiger charge is 2.08. The first-order valence-corrected chi connectivity index (χ1v) is 9.35. The lowest BCUT2D eigenvalue weighted by Gasteiger charge is -2.07. The second kappa shape index (κ2) is 9.18. The summed E-state index contributed by atoms with van der Waals surface area (Å²) in [7, 11) is 1.48. The maximum atomic E-state index is 12.4. The van der Waals surface area contributed by atoms with Gasteiger partial charge in [-0.15, -0.1) is 10.2 Å². The standard InChI is InChI=1S/C20H15ClN6O4/c1-29-19-22-9-12(10-23-19)8-13-11-24-20(25-18(13)28)31-15-4-2-14(3-5-15)30-17-7-6-16(21)26-27-17/h2-7,9-11H,8H2,1H3,(H,24,25,28). The summed E-state index contributed by atoms with van der Waals surface area (Å²) in [6, 6.07) is 10.2. The van der Waals surface area contributed by atoms with Crippen LogP contribution in [-0.2, 0) is 6.42 Å². The zero-order valence-electron chi connectivity index (χ0n) is 16.2. The van der Waals surface area contributed by atoms with E-state index in [1.54, 1.807) is 48.8 Å². The summed E-state index contributed by atoms with van der Waals surface area (Å²) in [5, 5.41) is 7.81. The average molecular weight is 439 g/mol. The van der Waals surface area contributed by atoms with Crippen molar-refractivity contribution in [2.75, 3.05) is 7.11 Å². The molecule has 0 radical (unpaired) electrons. The molecule has 11 heteroatoms. The lowest BCUT2D eigenvalue weighted by molar-refractivity contribution is 0.379. The lowest BCUT2D eigenvalue weighted by atomic mass is 10.1. The van der Waals surface area contributed by atoms with E-state index < -0.39 is 0 Å². The minimum Gasteiger partial charge on any atom is -0.467 e. The Morgan fingerprint density at radius 3 is 2.23 bits per heavy atom. The molecule has 1 N–H and O–H groups in total. The Morgan fingerprint density at radius 2 is 1.61 bits per heavy atom. The predicted octanol–water partition coefficient (Wildman–Crippen LogP) is 3.19. The third kappa shape index (κ3) is 5.31. The van der Waals surface area contributed by atoms with Crippen LogP contribution >= 0.6 is 11.6 Å². The van der Waals surface area contributed by atoms with E-state index >= 15 is 0 Å². The SMILES string of the molecule is COc1ncc(Cc2cnc(Oc3ccc(Oc4ccc(Cl)nn4)cc3)[nH]c2=O)cn1. The van der Waals surface area contributed by atoms with Crippen LogP contribution in [0.15, 0.2) is 59.8 Å². The van der Waals surface area contributed by atoms with Gasteiger partial charge in [-0.2, -0.15) is 0 Å². The lowest BCUT2D eigenvalue weighted by Crippen LogP contribution is -2.14. The number of H-pyrrole nitrogens is 1. The maximum absolute atomic E-state index is 12.4. The van der Waals surface area contributed by atoms with Gasteiger partial charge >= 0.3 is 12.0 Å². The molecule has 0 saturated heterocycles. The van der Waals surface area contributed by atoms with Gasteiger partial charge in [0.25, 0.3) is 5.56 Å². The molecule has 0 aliphatic heterocycles. The largest absolute Gasteiger partial charge is 0.467 e. The smallest absolute Gasteiger partial charge is 0.316 e. The van der Waals surface area contributed by atoms with Crippen LogP contribution in [0.4, 0.5) is 0 Å². The Hall–Kier alpha value is -4.05. The van der Waals surface area contributed by atoms with E-state index in [1.165, 1.54) is 13.3 Å². The zero-order chi connectivity index (χ0) is 21.6. The number of ether oxygens (including phenoxy) is 3. The molecule has 0 spiro atoms. The van der Waals surface area contributed by atoms with Crippen LogP contribution in [0, 0.1) is 0 Å². The Balaban J connectivity index is 1.40. The number of halogens is 1. The molecule has 0 saturated carbocycles. The molecule has 1 aromatic carbocycles. The molecular weight excluding hydrogens is 424 g/mol. The number of hydrogen-bond donors (Lipinski definition) is 1. The molecule has 10 nitrogen and oxygen atoms in total. The van der Waals surface area contributed by atoms with Crippen molar-refractivity contribution in [3.63, 3.8) is 0 Å².